The molecule has 0 radical (unpaired) electrons. The molecule has 1 aliphatic heterocycles. The van der Waals surface area contributed by atoms with E-state index in [0.29, 0.717) is 18.2 Å². The quantitative estimate of drug-likeness (QED) is 0.829. The Kier molecular flexibility index (Phi) is 5.84. The number of pyridine rings is 1. The maximum atomic E-state index is 12.0. The molecule has 2 heterocycles. The highest BCUT2D eigenvalue weighted by Crippen LogP contribution is 2.20. The van der Waals surface area contributed by atoms with Gasteiger partial charge in [0, 0.05) is 31.5 Å². The van der Waals surface area contributed by atoms with Crippen molar-refractivity contribution in [1.29, 1.82) is 0 Å². The van der Waals surface area contributed by atoms with Crippen molar-refractivity contribution in [2.24, 2.45) is 5.92 Å². The van der Waals surface area contributed by atoms with Gasteiger partial charge in [-0.25, -0.2) is 4.98 Å². The van der Waals surface area contributed by atoms with Crippen LogP contribution in [0.15, 0.2) is 48.7 Å². The number of carbonyl (C=O) groups excluding carboxylic acids is 2. The summed E-state index contributed by atoms with van der Waals surface area (Å²) in [5.74, 6) is 0.165. The second-order valence-corrected chi connectivity index (χ2v) is 6.65. The zero-order chi connectivity index (χ0) is 18.4. The van der Waals surface area contributed by atoms with Gasteiger partial charge in [0.1, 0.15) is 5.82 Å². The molecule has 0 saturated carbocycles. The number of amides is 2. The third kappa shape index (κ3) is 4.81. The van der Waals surface area contributed by atoms with Crippen LogP contribution in [0.25, 0.3) is 0 Å². The van der Waals surface area contributed by atoms with Crippen LogP contribution >= 0.6 is 0 Å². The topological polar surface area (TPSA) is 74.3 Å². The SMILES string of the molecule is Cc1cccc(NC(=O)C(=O)NCC2CCN(c3ccccn3)CC2)c1. The molecule has 26 heavy (non-hydrogen) atoms. The zero-order valence-electron chi connectivity index (χ0n) is 14.9. The molecule has 1 saturated heterocycles. The molecule has 0 bridgehead atoms. The number of anilines is 2. The van der Waals surface area contributed by atoms with Crippen LogP contribution in [-0.2, 0) is 9.59 Å². The number of carbonyl (C=O) groups is 2. The summed E-state index contributed by atoms with van der Waals surface area (Å²) in [6, 6.07) is 13.3. The second kappa shape index (κ2) is 8.47. The summed E-state index contributed by atoms with van der Waals surface area (Å²) >= 11 is 0. The van der Waals surface area contributed by atoms with Crippen LogP contribution in [0, 0.1) is 12.8 Å². The van der Waals surface area contributed by atoms with Crippen molar-refractivity contribution in [2.75, 3.05) is 29.9 Å². The van der Waals surface area contributed by atoms with E-state index in [4.69, 9.17) is 0 Å². The lowest BCUT2D eigenvalue weighted by molar-refractivity contribution is -0.136. The van der Waals surface area contributed by atoms with Gasteiger partial charge in [0.15, 0.2) is 0 Å². The number of nitrogens with one attached hydrogen (secondary N) is 2. The van der Waals surface area contributed by atoms with Crippen molar-refractivity contribution < 1.29 is 9.59 Å². The third-order valence-corrected chi connectivity index (χ3v) is 4.62. The summed E-state index contributed by atoms with van der Waals surface area (Å²) in [6.07, 6.45) is 3.74. The first-order valence-corrected chi connectivity index (χ1v) is 8.93. The molecule has 2 aromatic rings. The lowest BCUT2D eigenvalue weighted by Crippen LogP contribution is -2.42. The lowest BCUT2D eigenvalue weighted by Gasteiger charge is -2.32. The molecule has 6 heteroatoms. The fourth-order valence-electron chi connectivity index (χ4n) is 3.13. The second-order valence-electron chi connectivity index (χ2n) is 6.65. The predicted octanol–water partition coefficient (Wildman–Crippen LogP) is 2.36. The van der Waals surface area contributed by atoms with Crippen LogP contribution in [0.4, 0.5) is 11.5 Å². The number of hydrogen-bond acceptors (Lipinski definition) is 4. The average molecular weight is 352 g/mol. The summed E-state index contributed by atoms with van der Waals surface area (Å²) in [6.45, 7) is 4.28. The number of piperidine rings is 1. The molecule has 1 aromatic carbocycles. The Morgan fingerprint density at radius 2 is 1.92 bits per heavy atom. The molecular formula is C20H24N4O2. The maximum absolute atomic E-state index is 12.0. The number of benzene rings is 1. The summed E-state index contributed by atoms with van der Waals surface area (Å²) in [7, 11) is 0. The van der Waals surface area contributed by atoms with Crippen LogP contribution < -0.4 is 15.5 Å². The lowest BCUT2D eigenvalue weighted by atomic mass is 9.97. The van der Waals surface area contributed by atoms with E-state index in [1.54, 1.807) is 12.3 Å². The van der Waals surface area contributed by atoms with Crippen LogP contribution in [0.2, 0.25) is 0 Å². The molecule has 2 amide bonds. The van der Waals surface area contributed by atoms with Gasteiger partial charge in [-0.2, -0.15) is 0 Å². The van der Waals surface area contributed by atoms with E-state index in [1.165, 1.54) is 0 Å². The Balaban J connectivity index is 1.42. The van der Waals surface area contributed by atoms with E-state index >= 15 is 0 Å². The fourth-order valence-corrected chi connectivity index (χ4v) is 3.13. The minimum atomic E-state index is -0.624. The van der Waals surface area contributed by atoms with Gasteiger partial charge < -0.3 is 15.5 Å². The molecule has 136 valence electrons. The molecule has 1 aromatic heterocycles. The first-order valence-electron chi connectivity index (χ1n) is 8.93. The standard InChI is InChI=1S/C20H24N4O2/c1-15-5-4-6-17(13-15)23-20(26)19(25)22-14-16-8-11-24(12-9-16)18-7-2-3-10-21-18/h2-7,10,13,16H,8-9,11-12,14H2,1H3,(H,22,25)(H,23,26). The smallest absolute Gasteiger partial charge is 0.313 e. The maximum Gasteiger partial charge on any atom is 0.313 e. The van der Waals surface area contributed by atoms with Crippen LogP contribution in [0.1, 0.15) is 18.4 Å². The largest absolute Gasteiger partial charge is 0.357 e. The van der Waals surface area contributed by atoms with Crippen LogP contribution in [0.5, 0.6) is 0 Å². The molecular weight excluding hydrogens is 328 g/mol. The van der Waals surface area contributed by atoms with Crippen LogP contribution in [-0.4, -0.2) is 36.4 Å². The fraction of sp³-hybridized carbons (Fsp3) is 0.350. The van der Waals surface area contributed by atoms with Gasteiger partial charge in [0.25, 0.3) is 0 Å². The van der Waals surface area contributed by atoms with Crippen molar-refractivity contribution >= 4 is 23.3 Å². The average Bonchev–Trinajstić information content (AvgIpc) is 2.67. The number of aromatic nitrogens is 1. The molecule has 1 fully saturated rings. The minimum absolute atomic E-state index is 0.380. The van der Waals surface area contributed by atoms with Crippen molar-refractivity contribution in [3.63, 3.8) is 0 Å². The number of aryl methyl sites for hydroxylation is 1. The minimum Gasteiger partial charge on any atom is -0.357 e. The van der Waals surface area contributed by atoms with Gasteiger partial charge in [-0.3, -0.25) is 9.59 Å². The van der Waals surface area contributed by atoms with Crippen molar-refractivity contribution in [1.82, 2.24) is 10.3 Å². The Morgan fingerprint density at radius 1 is 1.12 bits per heavy atom. The van der Waals surface area contributed by atoms with Gasteiger partial charge in [-0.05, 0) is 55.5 Å². The predicted molar refractivity (Wildman–Crippen MR) is 102 cm³/mol. The van der Waals surface area contributed by atoms with Gasteiger partial charge in [0.2, 0.25) is 0 Å². The van der Waals surface area contributed by atoms with Crippen LogP contribution in [0.3, 0.4) is 0 Å². The van der Waals surface area contributed by atoms with Crippen molar-refractivity contribution in [2.45, 2.75) is 19.8 Å². The molecule has 0 unspecified atom stereocenters. The summed E-state index contributed by atoms with van der Waals surface area (Å²) in [4.78, 5) is 30.6. The highest BCUT2D eigenvalue weighted by molar-refractivity contribution is 6.39. The van der Waals surface area contributed by atoms with Gasteiger partial charge in [0.05, 0.1) is 0 Å². The normalized spacial score (nSPS) is 14.7. The van der Waals surface area contributed by atoms with E-state index < -0.39 is 11.8 Å². The zero-order valence-corrected chi connectivity index (χ0v) is 14.9. The Hall–Kier alpha value is -2.89. The van der Waals surface area contributed by atoms with E-state index in [9.17, 15) is 9.59 Å². The summed E-state index contributed by atoms with van der Waals surface area (Å²) < 4.78 is 0. The molecule has 0 aliphatic carbocycles. The Labute approximate surface area is 153 Å². The van der Waals surface area contributed by atoms with Gasteiger partial charge in [-0.15, -0.1) is 0 Å². The number of hydrogen-bond donors (Lipinski definition) is 2. The number of nitrogens with zero attached hydrogens (tertiary/aromatic N) is 2. The van der Waals surface area contributed by atoms with E-state index in [1.807, 2.05) is 43.3 Å². The molecule has 1 aliphatic rings. The van der Waals surface area contributed by atoms with E-state index in [2.05, 4.69) is 20.5 Å². The molecule has 3 rings (SSSR count). The monoisotopic (exact) mass is 352 g/mol. The Bertz CT molecular complexity index is 755. The third-order valence-electron chi connectivity index (χ3n) is 4.62. The van der Waals surface area contributed by atoms with Crippen molar-refractivity contribution in [3.8, 4) is 0 Å². The van der Waals surface area contributed by atoms with Crippen molar-refractivity contribution in [3.05, 3.63) is 54.2 Å². The molecule has 0 spiro atoms. The summed E-state index contributed by atoms with van der Waals surface area (Å²) in [5.41, 5.74) is 1.66. The highest BCUT2D eigenvalue weighted by Gasteiger charge is 2.22. The molecule has 6 nitrogen and oxygen atoms in total. The molecule has 2 N–H and O–H groups in total. The van der Waals surface area contributed by atoms with Gasteiger partial charge in [-0.1, -0.05) is 18.2 Å². The Morgan fingerprint density at radius 3 is 2.62 bits per heavy atom. The van der Waals surface area contributed by atoms with E-state index in [-0.39, 0.29) is 0 Å². The van der Waals surface area contributed by atoms with Gasteiger partial charge >= 0.3 is 11.8 Å². The first kappa shape index (κ1) is 17.9. The molecule has 0 atom stereocenters. The van der Waals surface area contributed by atoms with E-state index in [0.717, 1.165) is 37.3 Å². The highest BCUT2D eigenvalue weighted by atomic mass is 16.2. The summed E-state index contributed by atoms with van der Waals surface area (Å²) in [5, 5.41) is 5.39. The first-order chi connectivity index (χ1) is 12.6. The number of rotatable bonds is 4.